The van der Waals surface area contributed by atoms with Crippen molar-refractivity contribution in [1.29, 1.82) is 0 Å². The first-order valence-corrected chi connectivity index (χ1v) is 9.25. The Bertz CT molecular complexity index is 1290. The molecule has 4 heterocycles. The Morgan fingerprint density at radius 1 is 1.00 bits per heavy atom. The fraction of sp³-hybridized carbons (Fsp3) is 0.0952. The molecule has 0 spiro atoms. The van der Waals surface area contributed by atoms with Crippen molar-refractivity contribution in [1.82, 2.24) is 34.7 Å². The van der Waals surface area contributed by atoms with E-state index in [4.69, 9.17) is 15.7 Å². The van der Waals surface area contributed by atoms with Gasteiger partial charge in [-0.3, -0.25) is 9.67 Å². The van der Waals surface area contributed by atoms with Crippen LogP contribution in [0.25, 0.3) is 39.8 Å². The number of aryl methyl sites for hydroxylation is 1. The average molecular weight is 638 g/mol. The molecule has 154 valence electrons. The first kappa shape index (κ1) is 18.3. The van der Waals surface area contributed by atoms with Crippen molar-refractivity contribution in [3.05, 3.63) is 66.6 Å². The van der Waals surface area contributed by atoms with E-state index in [-0.39, 0.29) is 0 Å². The molecule has 2 N–H and O–H groups in total. The van der Waals surface area contributed by atoms with E-state index >= 15 is 0 Å². The molecule has 4 aromatic heterocycles. The molecule has 1 aromatic carbocycles. The summed E-state index contributed by atoms with van der Waals surface area (Å²) in [5, 5.41) is 7.81. The number of nitrogens with zero attached hydrogens (tertiary/aromatic N) is 7. The van der Waals surface area contributed by atoms with Crippen molar-refractivity contribution < 1.29 is 0 Å². The molecule has 0 bridgehead atoms. The van der Waals surface area contributed by atoms with Gasteiger partial charge in [-0.1, -0.05) is 25.4 Å². The summed E-state index contributed by atoms with van der Waals surface area (Å²) >= 11 is 0. The van der Waals surface area contributed by atoms with Gasteiger partial charge in [-0.25, -0.2) is 15.0 Å². The van der Waals surface area contributed by atoms with Crippen LogP contribution in [-0.2, 0) is 6.42 Å². The molecule has 0 aliphatic rings. The fourth-order valence-corrected chi connectivity index (χ4v) is 3.30. The van der Waals surface area contributed by atoms with E-state index in [0.29, 0.717) is 28.8 Å². The third-order valence-corrected chi connectivity index (χ3v) is 4.80. The summed E-state index contributed by atoms with van der Waals surface area (Å²) in [5.74, 6) is 1.57. The van der Waals surface area contributed by atoms with Crippen molar-refractivity contribution >= 4 is 17.0 Å². The number of nitrogens with two attached hydrogens (primary N) is 1. The fourth-order valence-electron chi connectivity index (χ4n) is 3.30. The molecule has 0 saturated carbocycles. The molecular weight excluding hydrogens is 621 g/mol. The monoisotopic (exact) mass is 638 g/mol. The van der Waals surface area contributed by atoms with Crippen LogP contribution in [-0.4, -0.2) is 29.6 Å². The van der Waals surface area contributed by atoms with Crippen LogP contribution >= 0.6 is 0 Å². The van der Waals surface area contributed by atoms with E-state index in [2.05, 4.69) is 51.4 Å². The molecule has 0 fully saturated rings. The summed E-state index contributed by atoms with van der Waals surface area (Å²) in [5.41, 5.74) is 11.2. The van der Waals surface area contributed by atoms with Crippen molar-refractivity contribution in [2.24, 2.45) is 0 Å². The van der Waals surface area contributed by atoms with E-state index < -0.39 is 0 Å². The Kier molecular flexibility index (Phi) is 4.37. The third kappa shape index (κ3) is 2.88. The number of hydrogen-bond acceptors (Lipinski definition) is 6. The van der Waals surface area contributed by atoms with Gasteiger partial charge in [0, 0.05) is 11.9 Å². The number of aromatic nitrogens is 7. The molecule has 0 aliphatic carbocycles. The first-order valence-electron chi connectivity index (χ1n) is 9.25. The molecule has 8 nitrogen and oxygen atoms in total. The Labute approximate surface area is 166 Å². The zero-order chi connectivity index (χ0) is 19.8. The standard InChI is InChI=1S/C21H17N8.Fm/c1-2-13-5-7-14(8-6-13)29-20(15-4-3-11-23-18(15)22)27-17-10-9-16(26-21(17)29)19-24-12-25-28-19;/h3-12H,2H2,1H3,(H2-,22,23,24,25,28);/q-1;. The number of benzene rings is 1. The summed E-state index contributed by atoms with van der Waals surface area (Å²) in [6.45, 7) is 2.13. The molecule has 5 rings (SSSR count). The quantitative estimate of drug-likeness (QED) is 0.323. The van der Waals surface area contributed by atoms with Gasteiger partial charge in [-0.05, 0) is 48.4 Å². The predicted octanol–water partition coefficient (Wildman–Crippen LogP) is 3.04. The van der Waals surface area contributed by atoms with E-state index in [1.807, 2.05) is 28.8 Å². The number of rotatable bonds is 4. The van der Waals surface area contributed by atoms with Crippen LogP contribution < -0.4 is 10.8 Å². The van der Waals surface area contributed by atoms with Crippen LogP contribution in [0.15, 0.2) is 61.1 Å². The summed E-state index contributed by atoms with van der Waals surface area (Å²) < 4.78 is 1.99. The van der Waals surface area contributed by atoms with Gasteiger partial charge in [0.2, 0.25) is 0 Å². The van der Waals surface area contributed by atoms with Gasteiger partial charge in [0.1, 0.15) is 11.3 Å². The van der Waals surface area contributed by atoms with Crippen LogP contribution in [0, 0.1) is 0 Å². The number of fused-ring (bicyclic) bond motifs is 1. The second-order valence-electron chi connectivity index (χ2n) is 6.55. The third-order valence-electron chi connectivity index (χ3n) is 4.80. The average Bonchev–Trinajstić information content (AvgIpc) is 3.42. The maximum atomic E-state index is 6.16. The summed E-state index contributed by atoms with van der Waals surface area (Å²) in [4.78, 5) is 18.0. The van der Waals surface area contributed by atoms with Gasteiger partial charge >= 0.3 is 0 Å². The van der Waals surface area contributed by atoms with Crippen LogP contribution in [0.4, 0.5) is 5.82 Å². The van der Waals surface area contributed by atoms with Crippen molar-refractivity contribution in [3.63, 3.8) is 0 Å². The predicted molar refractivity (Wildman–Crippen MR) is 110 cm³/mol. The Morgan fingerprint density at radius 3 is 2.53 bits per heavy atom. The molecule has 0 aliphatic heterocycles. The van der Waals surface area contributed by atoms with Gasteiger partial charge in [0.25, 0.3) is 0 Å². The van der Waals surface area contributed by atoms with Gasteiger partial charge in [-0.2, -0.15) is 0 Å². The van der Waals surface area contributed by atoms with Crippen molar-refractivity contribution in [2.45, 2.75) is 13.3 Å². The topological polar surface area (TPSA) is 110 Å². The van der Waals surface area contributed by atoms with Crippen LogP contribution in [0.5, 0.6) is 0 Å². The first-order chi connectivity index (χ1) is 14.2. The maximum Gasteiger partial charge on any atom is 0.165 e. The molecule has 0 amide bonds. The number of hydrogen-bond donors (Lipinski definition) is 1. The number of nitrogen functional groups attached to an aromatic ring is 1. The van der Waals surface area contributed by atoms with Crippen LogP contribution in [0.3, 0.4) is 0 Å². The SMILES string of the molecule is CCc1ccc(-n2c(-c3cccnc3N)nc3ccc(-c4nc[n-]n4)nc32)cc1.[Fm]. The smallest absolute Gasteiger partial charge is 0.165 e. The molecule has 0 saturated heterocycles. The molecule has 5 aromatic rings. The normalized spacial score (nSPS) is 10.8. The summed E-state index contributed by atoms with van der Waals surface area (Å²) in [6.07, 6.45) is 4.04. The minimum absolute atomic E-state index is 0. The minimum atomic E-state index is 0. The van der Waals surface area contributed by atoms with Crippen LogP contribution in [0.1, 0.15) is 12.5 Å². The van der Waals surface area contributed by atoms with Crippen molar-refractivity contribution in [3.8, 4) is 28.6 Å². The minimum Gasteiger partial charge on any atom is -0.424 e. The van der Waals surface area contributed by atoms with E-state index in [0.717, 1.165) is 23.2 Å². The van der Waals surface area contributed by atoms with Crippen LogP contribution in [0.2, 0.25) is 0 Å². The van der Waals surface area contributed by atoms with Crippen molar-refractivity contribution in [2.75, 3.05) is 5.73 Å². The van der Waals surface area contributed by atoms with E-state index in [9.17, 15) is 0 Å². The van der Waals surface area contributed by atoms with Gasteiger partial charge < -0.3 is 15.8 Å². The second kappa shape index (κ2) is 7.16. The van der Waals surface area contributed by atoms with E-state index in [1.165, 1.54) is 11.9 Å². The molecule has 9 heteroatoms. The zero-order valence-corrected chi connectivity index (χ0v) is 18.4. The molecule has 0 radical (unpaired) electrons. The number of anilines is 1. The molecule has 0 unspecified atom stereocenters. The second-order valence-corrected chi connectivity index (χ2v) is 6.55. The number of imidazole rings is 1. The zero-order valence-electron chi connectivity index (χ0n) is 16.0. The Hall–Kier alpha value is -5.07. The summed E-state index contributed by atoms with van der Waals surface area (Å²) in [6, 6.07) is 15.8. The molecular formula is C21H17FmN8-. The molecule has 30 heavy (non-hydrogen) atoms. The van der Waals surface area contributed by atoms with E-state index in [1.54, 1.807) is 6.20 Å². The number of pyridine rings is 2. The van der Waals surface area contributed by atoms with Gasteiger partial charge in [0.05, 0.1) is 17.1 Å². The van der Waals surface area contributed by atoms with Gasteiger partial charge in [-0.15, -0.1) is 0 Å². The maximum absolute atomic E-state index is 6.16. The Morgan fingerprint density at radius 2 is 1.83 bits per heavy atom. The largest absolute Gasteiger partial charge is 0.424 e. The van der Waals surface area contributed by atoms with Gasteiger partial charge in [0.15, 0.2) is 11.5 Å². The molecule has 0 atom stereocenters. The summed E-state index contributed by atoms with van der Waals surface area (Å²) in [7, 11) is 0. The Balaban J connectivity index is 0.00000218.